The minimum atomic E-state index is -0.270. The van der Waals surface area contributed by atoms with E-state index in [1.165, 1.54) is 6.20 Å². The first-order valence-electron chi connectivity index (χ1n) is 3.13. The van der Waals surface area contributed by atoms with Crippen LogP contribution in [0.15, 0.2) is 18.5 Å². The van der Waals surface area contributed by atoms with Crippen LogP contribution in [0.4, 0.5) is 4.39 Å². The molecule has 1 rings (SSSR count). The summed E-state index contributed by atoms with van der Waals surface area (Å²) in [4.78, 5) is 3.61. The van der Waals surface area contributed by atoms with Crippen molar-refractivity contribution in [1.82, 2.24) is 4.98 Å². The summed E-state index contributed by atoms with van der Waals surface area (Å²) >= 11 is 0. The predicted octanol–water partition coefficient (Wildman–Crippen LogP) is 1.14. The Hall–Kier alpha value is -0.670. The average Bonchev–Trinajstić information content (AvgIpc) is 1.94. The van der Waals surface area contributed by atoms with E-state index in [2.05, 4.69) is 4.98 Å². The lowest BCUT2D eigenvalue weighted by Crippen LogP contribution is -2.04. The van der Waals surface area contributed by atoms with Crippen LogP contribution in [0.25, 0.3) is 0 Å². The summed E-state index contributed by atoms with van der Waals surface area (Å²) < 4.78 is 12.7. The lowest BCUT2D eigenvalue weighted by molar-refractivity contribution is 0.603. The van der Waals surface area contributed by atoms with E-state index in [1.54, 1.807) is 12.3 Å². The van der Waals surface area contributed by atoms with Crippen molar-refractivity contribution in [3.63, 3.8) is 0 Å². The van der Waals surface area contributed by atoms with E-state index < -0.39 is 0 Å². The van der Waals surface area contributed by atoms with Gasteiger partial charge in [-0.25, -0.2) is 4.39 Å². The van der Waals surface area contributed by atoms with Gasteiger partial charge in [-0.3, -0.25) is 4.98 Å². The zero-order chi connectivity index (χ0) is 7.40. The molecule has 1 aromatic heterocycles. The molecular formula is C7H10ClFN2. The van der Waals surface area contributed by atoms with Crippen molar-refractivity contribution in [2.24, 2.45) is 5.73 Å². The maximum atomic E-state index is 12.7. The molecule has 0 aromatic carbocycles. The molecule has 4 heteroatoms. The summed E-state index contributed by atoms with van der Waals surface area (Å²) in [5, 5.41) is 0. The van der Waals surface area contributed by atoms with Crippen molar-refractivity contribution in [3.8, 4) is 0 Å². The standard InChI is InChI=1S/C7H9FN2.ClH/c8-7-5-10-4-2-6(7)1-3-9;/h2,4-5H,1,3,9H2;1H. The minimum Gasteiger partial charge on any atom is -0.330 e. The summed E-state index contributed by atoms with van der Waals surface area (Å²) in [6, 6.07) is 1.64. The Morgan fingerprint density at radius 1 is 1.55 bits per heavy atom. The number of halogens is 2. The van der Waals surface area contributed by atoms with Gasteiger partial charge >= 0.3 is 0 Å². The molecule has 0 atom stereocenters. The molecule has 0 unspecified atom stereocenters. The van der Waals surface area contributed by atoms with Crippen molar-refractivity contribution < 1.29 is 4.39 Å². The van der Waals surface area contributed by atoms with Crippen LogP contribution in [0, 0.1) is 5.82 Å². The fraction of sp³-hybridized carbons (Fsp3) is 0.286. The van der Waals surface area contributed by atoms with Gasteiger partial charge in [-0.05, 0) is 24.6 Å². The highest BCUT2D eigenvalue weighted by Gasteiger charge is 1.97. The van der Waals surface area contributed by atoms with Crippen LogP contribution >= 0.6 is 12.4 Å². The lowest BCUT2D eigenvalue weighted by atomic mass is 10.2. The molecule has 0 saturated carbocycles. The smallest absolute Gasteiger partial charge is 0.144 e. The fourth-order valence-electron chi connectivity index (χ4n) is 0.762. The Balaban J connectivity index is 0.000001000. The molecule has 2 N–H and O–H groups in total. The molecule has 0 saturated heterocycles. The quantitative estimate of drug-likeness (QED) is 0.734. The Kier molecular flexibility index (Phi) is 4.74. The van der Waals surface area contributed by atoms with E-state index in [9.17, 15) is 4.39 Å². The average molecular weight is 177 g/mol. The highest BCUT2D eigenvalue weighted by atomic mass is 35.5. The molecular weight excluding hydrogens is 167 g/mol. The summed E-state index contributed by atoms with van der Waals surface area (Å²) in [6.07, 6.45) is 3.34. The molecule has 11 heavy (non-hydrogen) atoms. The first-order chi connectivity index (χ1) is 4.84. The summed E-state index contributed by atoms with van der Waals surface area (Å²) in [5.74, 6) is -0.270. The van der Waals surface area contributed by atoms with Crippen LogP contribution in [0.5, 0.6) is 0 Å². The van der Waals surface area contributed by atoms with Crippen LogP contribution in [0.3, 0.4) is 0 Å². The van der Waals surface area contributed by atoms with E-state index in [-0.39, 0.29) is 18.2 Å². The second-order valence-corrected chi connectivity index (χ2v) is 2.01. The van der Waals surface area contributed by atoms with Gasteiger partial charge in [0.15, 0.2) is 0 Å². The molecule has 1 heterocycles. The normalized spacial score (nSPS) is 8.91. The first-order valence-corrected chi connectivity index (χ1v) is 3.13. The maximum absolute atomic E-state index is 12.7. The fourth-order valence-corrected chi connectivity index (χ4v) is 0.762. The number of rotatable bonds is 2. The summed E-state index contributed by atoms with van der Waals surface area (Å²) in [7, 11) is 0. The Bertz CT molecular complexity index is 217. The number of hydrogen-bond acceptors (Lipinski definition) is 2. The molecule has 0 spiro atoms. The monoisotopic (exact) mass is 176 g/mol. The molecule has 0 radical (unpaired) electrons. The third-order valence-corrected chi connectivity index (χ3v) is 1.27. The number of aromatic nitrogens is 1. The second kappa shape index (κ2) is 5.04. The largest absolute Gasteiger partial charge is 0.330 e. The zero-order valence-electron chi connectivity index (χ0n) is 5.96. The predicted molar refractivity (Wildman–Crippen MR) is 44.2 cm³/mol. The molecule has 0 aliphatic heterocycles. The van der Waals surface area contributed by atoms with Gasteiger partial charge in [0.05, 0.1) is 6.20 Å². The highest BCUT2D eigenvalue weighted by Crippen LogP contribution is 2.03. The molecule has 62 valence electrons. The zero-order valence-corrected chi connectivity index (χ0v) is 6.77. The minimum absolute atomic E-state index is 0. The SMILES string of the molecule is Cl.NCCc1ccncc1F. The Morgan fingerprint density at radius 3 is 2.82 bits per heavy atom. The molecule has 2 nitrogen and oxygen atoms in total. The first kappa shape index (κ1) is 10.3. The summed E-state index contributed by atoms with van der Waals surface area (Å²) in [5.41, 5.74) is 5.88. The van der Waals surface area contributed by atoms with Crippen LogP contribution in [-0.4, -0.2) is 11.5 Å². The van der Waals surface area contributed by atoms with Gasteiger partial charge < -0.3 is 5.73 Å². The van der Waals surface area contributed by atoms with Crippen molar-refractivity contribution in [1.29, 1.82) is 0 Å². The van der Waals surface area contributed by atoms with Crippen molar-refractivity contribution >= 4 is 12.4 Å². The van der Waals surface area contributed by atoms with Crippen molar-refractivity contribution in [2.75, 3.05) is 6.54 Å². The lowest BCUT2D eigenvalue weighted by Gasteiger charge is -1.97. The number of nitrogens with zero attached hydrogens (tertiary/aromatic N) is 1. The van der Waals surface area contributed by atoms with Gasteiger partial charge in [0.25, 0.3) is 0 Å². The van der Waals surface area contributed by atoms with Crippen LogP contribution in [-0.2, 0) is 6.42 Å². The van der Waals surface area contributed by atoms with Gasteiger partial charge in [-0.15, -0.1) is 12.4 Å². The third-order valence-electron chi connectivity index (χ3n) is 1.27. The molecule has 0 aliphatic rings. The maximum Gasteiger partial charge on any atom is 0.144 e. The van der Waals surface area contributed by atoms with Gasteiger partial charge in [-0.2, -0.15) is 0 Å². The Labute approximate surface area is 71.0 Å². The summed E-state index contributed by atoms with van der Waals surface area (Å²) in [6.45, 7) is 0.473. The molecule has 1 aromatic rings. The van der Waals surface area contributed by atoms with E-state index in [0.29, 0.717) is 18.5 Å². The van der Waals surface area contributed by atoms with Crippen LogP contribution in [0.1, 0.15) is 5.56 Å². The number of nitrogens with two attached hydrogens (primary N) is 1. The van der Waals surface area contributed by atoms with Crippen molar-refractivity contribution in [2.45, 2.75) is 6.42 Å². The molecule has 0 fully saturated rings. The second-order valence-electron chi connectivity index (χ2n) is 2.01. The van der Waals surface area contributed by atoms with Gasteiger partial charge in [0, 0.05) is 6.20 Å². The molecule has 0 aliphatic carbocycles. The number of pyridine rings is 1. The Morgan fingerprint density at radius 2 is 2.27 bits per heavy atom. The number of hydrogen-bond donors (Lipinski definition) is 1. The third kappa shape index (κ3) is 2.82. The molecule has 0 bridgehead atoms. The van der Waals surface area contributed by atoms with Gasteiger partial charge in [0.2, 0.25) is 0 Å². The van der Waals surface area contributed by atoms with Gasteiger partial charge in [0.1, 0.15) is 5.82 Å². The van der Waals surface area contributed by atoms with E-state index in [4.69, 9.17) is 5.73 Å². The van der Waals surface area contributed by atoms with Crippen LogP contribution < -0.4 is 5.73 Å². The van der Waals surface area contributed by atoms with Crippen molar-refractivity contribution in [3.05, 3.63) is 29.8 Å². The van der Waals surface area contributed by atoms with E-state index >= 15 is 0 Å². The van der Waals surface area contributed by atoms with E-state index in [1.807, 2.05) is 0 Å². The topological polar surface area (TPSA) is 38.9 Å². The molecule has 0 amide bonds. The highest BCUT2D eigenvalue weighted by molar-refractivity contribution is 5.85. The van der Waals surface area contributed by atoms with E-state index in [0.717, 1.165) is 0 Å². The van der Waals surface area contributed by atoms with Gasteiger partial charge in [-0.1, -0.05) is 0 Å². The van der Waals surface area contributed by atoms with Crippen LogP contribution in [0.2, 0.25) is 0 Å².